The van der Waals surface area contributed by atoms with Crippen LogP contribution in [-0.2, 0) is 9.59 Å². The Bertz CT molecular complexity index is 947. The second kappa shape index (κ2) is 8.56. The van der Waals surface area contributed by atoms with Crippen LogP contribution in [0, 0.1) is 34.5 Å². The van der Waals surface area contributed by atoms with E-state index in [-0.39, 0.29) is 22.7 Å². The van der Waals surface area contributed by atoms with Crippen LogP contribution in [-0.4, -0.2) is 35.4 Å². The van der Waals surface area contributed by atoms with E-state index in [2.05, 4.69) is 30.5 Å². The molecule has 4 aliphatic carbocycles. The second-order valence-corrected chi connectivity index (χ2v) is 11.6. The quantitative estimate of drug-likeness (QED) is 0.614. The fourth-order valence-electron chi connectivity index (χ4n) is 8.31. The van der Waals surface area contributed by atoms with Crippen LogP contribution in [0.25, 0.3) is 0 Å². The minimum absolute atomic E-state index is 0.0641. The molecule has 6 atom stereocenters. The number of carbonyl (C=O) groups is 2. The molecule has 1 N–H and O–H groups in total. The van der Waals surface area contributed by atoms with Crippen molar-refractivity contribution in [1.29, 1.82) is 0 Å². The SMILES string of the molecule is CC(=O)[C@H]1CCC2C3CCC4=CC(=NNC(=O)CN5C=CC=CC5)CC[C@]4(C)C3CC[C@]21C. The van der Waals surface area contributed by atoms with E-state index in [1.165, 1.54) is 31.3 Å². The molecule has 1 amide bonds. The van der Waals surface area contributed by atoms with Crippen molar-refractivity contribution in [3.05, 3.63) is 36.1 Å². The zero-order chi connectivity index (χ0) is 23.2. The highest BCUT2D eigenvalue weighted by molar-refractivity contribution is 5.97. The van der Waals surface area contributed by atoms with Crippen LogP contribution >= 0.6 is 0 Å². The van der Waals surface area contributed by atoms with Crippen LogP contribution in [0.1, 0.15) is 72.1 Å². The summed E-state index contributed by atoms with van der Waals surface area (Å²) in [6.45, 7) is 7.82. The molecule has 0 aromatic carbocycles. The van der Waals surface area contributed by atoms with Gasteiger partial charge in [0.05, 0.1) is 12.3 Å². The van der Waals surface area contributed by atoms with E-state index in [9.17, 15) is 9.59 Å². The molecule has 0 aromatic rings. The van der Waals surface area contributed by atoms with Crippen molar-refractivity contribution in [3.8, 4) is 0 Å². The lowest BCUT2D eigenvalue weighted by molar-refractivity contribution is -0.127. The van der Waals surface area contributed by atoms with Gasteiger partial charge in [0, 0.05) is 12.5 Å². The minimum atomic E-state index is -0.0641. The van der Waals surface area contributed by atoms with Crippen LogP contribution < -0.4 is 5.43 Å². The Hall–Kier alpha value is -2.17. The van der Waals surface area contributed by atoms with E-state index in [0.29, 0.717) is 18.2 Å². The molecule has 0 bridgehead atoms. The third-order valence-corrected chi connectivity index (χ3v) is 10.0. The number of ketones is 1. The third kappa shape index (κ3) is 3.91. The Morgan fingerprint density at radius 1 is 1.09 bits per heavy atom. The van der Waals surface area contributed by atoms with Gasteiger partial charge in [-0.15, -0.1) is 0 Å². The van der Waals surface area contributed by atoms with Gasteiger partial charge in [0.1, 0.15) is 5.78 Å². The number of hydrazone groups is 1. The van der Waals surface area contributed by atoms with E-state index < -0.39 is 0 Å². The van der Waals surface area contributed by atoms with Crippen LogP contribution in [0.4, 0.5) is 0 Å². The highest BCUT2D eigenvalue weighted by Gasteiger charge is 2.59. The largest absolute Gasteiger partial charge is 0.364 e. The normalized spacial score (nSPS) is 40.6. The van der Waals surface area contributed by atoms with E-state index in [4.69, 9.17) is 0 Å². The summed E-state index contributed by atoms with van der Waals surface area (Å²) in [5, 5.41) is 4.50. The summed E-state index contributed by atoms with van der Waals surface area (Å²) < 4.78 is 0. The molecule has 5 aliphatic rings. The van der Waals surface area contributed by atoms with Crippen molar-refractivity contribution in [2.24, 2.45) is 39.6 Å². The maximum atomic E-state index is 12.4. The number of amides is 1. The van der Waals surface area contributed by atoms with Gasteiger partial charge in [-0.3, -0.25) is 9.59 Å². The van der Waals surface area contributed by atoms with Gasteiger partial charge >= 0.3 is 0 Å². The molecule has 1 aliphatic heterocycles. The van der Waals surface area contributed by atoms with Crippen molar-refractivity contribution < 1.29 is 9.59 Å². The number of allylic oxidation sites excluding steroid dienone is 4. The van der Waals surface area contributed by atoms with Gasteiger partial charge in [-0.25, -0.2) is 5.43 Å². The van der Waals surface area contributed by atoms with E-state index in [0.717, 1.165) is 49.8 Å². The molecule has 0 spiro atoms. The van der Waals surface area contributed by atoms with Crippen molar-refractivity contribution in [3.63, 3.8) is 0 Å². The van der Waals surface area contributed by atoms with Crippen LogP contribution in [0.15, 0.2) is 41.2 Å². The molecule has 3 fully saturated rings. The lowest BCUT2D eigenvalue weighted by Crippen LogP contribution is -2.51. The summed E-state index contributed by atoms with van der Waals surface area (Å²) in [5.74, 6) is 2.80. The number of carbonyl (C=O) groups excluding carboxylic acids is 2. The highest BCUT2D eigenvalue weighted by Crippen LogP contribution is 2.66. The minimum Gasteiger partial charge on any atom is -0.364 e. The summed E-state index contributed by atoms with van der Waals surface area (Å²) in [5.41, 5.74) is 5.80. The van der Waals surface area contributed by atoms with Crippen molar-refractivity contribution in [2.75, 3.05) is 13.1 Å². The van der Waals surface area contributed by atoms with Gasteiger partial charge in [-0.05, 0) is 105 Å². The highest BCUT2D eigenvalue weighted by atomic mass is 16.2. The molecule has 0 radical (unpaired) electrons. The maximum absolute atomic E-state index is 12.4. The molecule has 178 valence electrons. The molecule has 0 aromatic heterocycles. The Morgan fingerprint density at radius 3 is 2.70 bits per heavy atom. The number of nitrogens with one attached hydrogen (secondary N) is 1. The fourth-order valence-corrected chi connectivity index (χ4v) is 8.31. The average Bonchev–Trinajstić information content (AvgIpc) is 3.16. The molecule has 1 heterocycles. The van der Waals surface area contributed by atoms with E-state index >= 15 is 0 Å². The predicted octanol–water partition coefficient (Wildman–Crippen LogP) is 5.01. The number of hydrogen-bond acceptors (Lipinski definition) is 4. The first-order chi connectivity index (χ1) is 15.8. The molecule has 3 unspecified atom stereocenters. The Labute approximate surface area is 198 Å². The monoisotopic (exact) mass is 449 g/mol. The molecule has 0 saturated heterocycles. The van der Waals surface area contributed by atoms with E-state index in [1.54, 1.807) is 0 Å². The standard InChI is InChI=1S/C28H39N3O2/c1-19(32)23-9-10-24-22-8-7-20-17-21(29-30-26(33)18-31-15-5-4-6-16-31)11-13-27(20,2)25(22)12-14-28(23,24)3/h4-6,15,17,22-25H,7-14,16,18H2,1-3H3,(H,30,33)/t22?,23-,24?,25?,27+,28+/m1/s1. The third-order valence-electron chi connectivity index (χ3n) is 10.0. The van der Waals surface area contributed by atoms with Crippen molar-refractivity contribution in [1.82, 2.24) is 10.3 Å². The lowest BCUT2D eigenvalue weighted by atomic mass is 9.46. The summed E-state index contributed by atoms with van der Waals surface area (Å²) in [6.07, 6.45) is 19.4. The van der Waals surface area contributed by atoms with Gasteiger partial charge in [-0.1, -0.05) is 31.6 Å². The molecule has 5 heteroatoms. The van der Waals surface area contributed by atoms with Gasteiger partial charge in [-0.2, -0.15) is 5.10 Å². The zero-order valence-corrected chi connectivity index (χ0v) is 20.5. The molecule has 33 heavy (non-hydrogen) atoms. The topological polar surface area (TPSA) is 61.8 Å². The van der Waals surface area contributed by atoms with Crippen molar-refractivity contribution >= 4 is 17.4 Å². The maximum Gasteiger partial charge on any atom is 0.259 e. The summed E-state index contributed by atoms with van der Waals surface area (Å²) in [4.78, 5) is 26.7. The Morgan fingerprint density at radius 2 is 1.94 bits per heavy atom. The zero-order valence-electron chi connectivity index (χ0n) is 20.5. The molecular weight excluding hydrogens is 410 g/mol. The van der Waals surface area contributed by atoms with Crippen LogP contribution in [0.2, 0.25) is 0 Å². The molecular formula is C28H39N3O2. The predicted molar refractivity (Wildman–Crippen MR) is 131 cm³/mol. The summed E-state index contributed by atoms with van der Waals surface area (Å²) >= 11 is 0. The number of rotatable bonds is 4. The number of nitrogens with zero attached hydrogens (tertiary/aromatic N) is 2. The second-order valence-electron chi connectivity index (χ2n) is 11.6. The first-order valence-electron chi connectivity index (χ1n) is 13.0. The lowest BCUT2D eigenvalue weighted by Gasteiger charge is -2.58. The van der Waals surface area contributed by atoms with Gasteiger partial charge < -0.3 is 4.90 Å². The number of hydrogen-bond donors (Lipinski definition) is 1. The first kappa shape index (κ1) is 22.6. The number of fused-ring (bicyclic) bond motifs is 5. The van der Waals surface area contributed by atoms with Crippen LogP contribution in [0.5, 0.6) is 0 Å². The van der Waals surface area contributed by atoms with Crippen molar-refractivity contribution in [2.45, 2.75) is 72.1 Å². The molecule has 3 saturated carbocycles. The first-order valence-corrected chi connectivity index (χ1v) is 13.0. The van der Waals surface area contributed by atoms with E-state index in [1.807, 2.05) is 36.3 Å². The van der Waals surface area contributed by atoms with Crippen LogP contribution in [0.3, 0.4) is 0 Å². The van der Waals surface area contributed by atoms with Gasteiger partial charge in [0.2, 0.25) is 0 Å². The fraction of sp³-hybridized carbons (Fsp3) is 0.679. The van der Waals surface area contributed by atoms with Gasteiger partial charge in [0.25, 0.3) is 5.91 Å². The summed E-state index contributed by atoms with van der Waals surface area (Å²) in [6, 6.07) is 0. The Balaban J connectivity index is 1.27. The summed E-state index contributed by atoms with van der Waals surface area (Å²) in [7, 11) is 0. The number of Topliss-reactive ketones (excluding diaryl/α,β-unsaturated/α-hetero) is 1. The smallest absolute Gasteiger partial charge is 0.259 e. The molecule has 5 nitrogen and oxygen atoms in total. The average molecular weight is 450 g/mol. The van der Waals surface area contributed by atoms with Gasteiger partial charge in [0.15, 0.2) is 0 Å². The molecule has 5 rings (SSSR count). The Kier molecular flexibility index (Phi) is 5.86.